The molecule has 13 heavy (non-hydrogen) atoms. The van der Waals surface area contributed by atoms with E-state index >= 15 is 0 Å². The molecule has 0 aromatic heterocycles. The van der Waals surface area contributed by atoms with E-state index in [2.05, 4.69) is 0 Å². The maximum Gasteiger partial charge on any atom is 0.211 e. The first kappa shape index (κ1) is 5.71. The van der Waals surface area contributed by atoms with Crippen LogP contribution in [0.25, 0.3) is 0 Å². The smallest absolute Gasteiger partial charge is 0.211 e. The summed E-state index contributed by atoms with van der Waals surface area (Å²) < 4.78 is 63.6. The van der Waals surface area contributed by atoms with Crippen molar-refractivity contribution in [2.75, 3.05) is 19.3 Å². The van der Waals surface area contributed by atoms with Gasteiger partial charge in [0.25, 0.3) is 0 Å². The molecule has 1 saturated heterocycles. The van der Waals surface area contributed by atoms with Gasteiger partial charge in [-0.25, -0.2) is 12.7 Å². The molecule has 0 unspecified atom stereocenters. The highest BCUT2D eigenvalue weighted by Crippen LogP contribution is 2.25. The molecular formula is C9H19NO2S. The summed E-state index contributed by atoms with van der Waals surface area (Å²) in [4.78, 5) is 0. The molecule has 1 aliphatic rings. The monoisotopic (exact) mass is 210 g/mol. The van der Waals surface area contributed by atoms with Crippen LogP contribution in [0.2, 0.25) is 0 Å². The maximum atomic E-state index is 11.5. The van der Waals surface area contributed by atoms with Gasteiger partial charge in [-0.15, -0.1) is 0 Å². The lowest BCUT2D eigenvalue weighted by atomic mass is 9.87. The Morgan fingerprint density at radius 1 is 1.46 bits per heavy atom. The van der Waals surface area contributed by atoms with Crippen LogP contribution in [-0.4, -0.2) is 32.1 Å². The zero-order valence-electron chi connectivity index (χ0n) is 13.2. The first-order valence-corrected chi connectivity index (χ1v) is 6.06. The molecule has 0 saturated carbocycles. The van der Waals surface area contributed by atoms with Crippen molar-refractivity contribution in [3.8, 4) is 0 Å². The Bertz CT molecular complexity index is 416. The van der Waals surface area contributed by atoms with Crippen molar-refractivity contribution in [3.63, 3.8) is 0 Å². The molecule has 3 nitrogen and oxygen atoms in total. The second-order valence-corrected chi connectivity index (χ2v) is 5.44. The Morgan fingerprint density at radius 2 is 1.92 bits per heavy atom. The Morgan fingerprint density at radius 3 is 2.23 bits per heavy atom. The molecular weight excluding hydrogens is 186 g/mol. The van der Waals surface area contributed by atoms with Gasteiger partial charge in [-0.1, -0.05) is 13.8 Å². The molecule has 0 N–H and O–H groups in total. The summed E-state index contributed by atoms with van der Waals surface area (Å²) in [6.45, 7) is 2.21. The first-order chi connectivity index (χ1) is 7.76. The minimum Gasteiger partial charge on any atom is -0.213 e. The fraction of sp³-hybridized carbons (Fsp3) is 1.00. The third kappa shape index (κ3) is 2.95. The minimum atomic E-state index is -3.67. The summed E-state index contributed by atoms with van der Waals surface area (Å²) in [7, 11) is -3.67. The summed E-state index contributed by atoms with van der Waals surface area (Å²) in [6.07, 6.45) is -3.57. The first-order valence-electron chi connectivity index (χ1n) is 6.71. The topological polar surface area (TPSA) is 37.4 Å². The molecule has 1 aliphatic heterocycles. The fourth-order valence-corrected chi connectivity index (χ4v) is 1.71. The van der Waals surface area contributed by atoms with Crippen molar-refractivity contribution in [3.05, 3.63) is 0 Å². The molecule has 78 valence electrons. The van der Waals surface area contributed by atoms with E-state index in [9.17, 15) is 8.42 Å². The quantitative estimate of drug-likeness (QED) is 0.689. The van der Waals surface area contributed by atoms with Crippen molar-refractivity contribution >= 4 is 10.0 Å². The Labute approximate surface area is 88.2 Å². The molecule has 0 aliphatic carbocycles. The highest BCUT2D eigenvalue weighted by molar-refractivity contribution is 7.88. The van der Waals surface area contributed by atoms with E-state index in [0.29, 0.717) is 0 Å². The molecule has 0 aromatic rings. The van der Waals surface area contributed by atoms with Crippen LogP contribution in [0.15, 0.2) is 0 Å². The van der Waals surface area contributed by atoms with E-state index in [1.54, 1.807) is 13.8 Å². The molecule has 4 heteroatoms. The number of hydrogen-bond donors (Lipinski definition) is 0. The van der Waals surface area contributed by atoms with Gasteiger partial charge in [-0.2, -0.15) is 0 Å². The van der Waals surface area contributed by atoms with Crippen LogP contribution in [0.5, 0.6) is 0 Å². The van der Waals surface area contributed by atoms with Gasteiger partial charge in [-0.3, -0.25) is 0 Å². The molecule has 0 amide bonds. The van der Waals surface area contributed by atoms with Crippen LogP contribution in [0, 0.1) is 11.8 Å². The summed E-state index contributed by atoms with van der Waals surface area (Å²) in [6, 6.07) is 0. The van der Waals surface area contributed by atoms with Gasteiger partial charge < -0.3 is 0 Å². The molecule has 1 rings (SSSR count). The van der Waals surface area contributed by atoms with Crippen LogP contribution in [0.3, 0.4) is 0 Å². The second-order valence-electron chi connectivity index (χ2n) is 3.45. The molecule has 1 fully saturated rings. The van der Waals surface area contributed by atoms with E-state index < -0.39 is 47.7 Å². The van der Waals surface area contributed by atoms with E-state index in [1.165, 1.54) is 0 Å². The molecule has 0 spiro atoms. The highest BCUT2D eigenvalue weighted by Gasteiger charge is 2.25. The summed E-state index contributed by atoms with van der Waals surface area (Å²) in [5.41, 5.74) is 0. The van der Waals surface area contributed by atoms with Crippen LogP contribution in [0.1, 0.15) is 33.4 Å². The lowest BCUT2D eigenvalue weighted by molar-refractivity contribution is 0.227. The normalized spacial score (nSPS) is 38.3. The van der Waals surface area contributed by atoms with E-state index in [0.717, 1.165) is 10.6 Å². The van der Waals surface area contributed by atoms with Gasteiger partial charge in [0.1, 0.15) is 0 Å². The highest BCUT2D eigenvalue weighted by atomic mass is 32.2. The van der Waals surface area contributed by atoms with Crippen LogP contribution in [0.4, 0.5) is 0 Å². The van der Waals surface area contributed by atoms with Gasteiger partial charge in [0.05, 0.1) is 6.26 Å². The number of nitrogens with zero attached hydrogens (tertiary/aromatic N) is 1. The predicted octanol–water partition coefficient (Wildman–Crippen LogP) is 1.31. The van der Waals surface area contributed by atoms with Gasteiger partial charge >= 0.3 is 0 Å². The minimum absolute atomic E-state index is 0.479. The molecule has 0 aromatic carbocycles. The maximum absolute atomic E-state index is 11.5. The largest absolute Gasteiger partial charge is 0.213 e. The van der Waals surface area contributed by atoms with Gasteiger partial charge in [0.2, 0.25) is 10.0 Å². The zero-order chi connectivity index (χ0) is 14.6. The van der Waals surface area contributed by atoms with Gasteiger partial charge in [0, 0.05) is 19.9 Å². The Balaban J connectivity index is 3.31. The van der Waals surface area contributed by atoms with Crippen molar-refractivity contribution < 1.29 is 15.3 Å². The zero-order valence-corrected chi connectivity index (χ0v) is 8.98. The number of piperidine rings is 1. The summed E-state index contributed by atoms with van der Waals surface area (Å²) >= 11 is 0. The van der Waals surface area contributed by atoms with Crippen LogP contribution < -0.4 is 0 Å². The van der Waals surface area contributed by atoms with E-state index in [4.69, 9.17) is 6.85 Å². The summed E-state index contributed by atoms with van der Waals surface area (Å²) in [5.74, 6) is -2.54. The fourth-order valence-electron chi connectivity index (χ4n) is 1.11. The Kier molecular flexibility index (Phi) is 1.74. The van der Waals surface area contributed by atoms with Crippen LogP contribution >= 0.6 is 0 Å². The average molecular weight is 210 g/mol. The van der Waals surface area contributed by atoms with Gasteiger partial charge in [-0.05, 0) is 24.6 Å². The molecule has 1 heterocycles. The lowest BCUT2D eigenvalue weighted by Gasteiger charge is -2.32. The lowest BCUT2D eigenvalue weighted by Crippen LogP contribution is -2.38. The third-order valence-corrected chi connectivity index (χ3v) is 3.13. The number of sulfonamides is 1. The number of rotatable bonds is 2. The molecule has 0 atom stereocenters. The average Bonchev–Trinajstić information content (AvgIpc) is 2.10. The van der Waals surface area contributed by atoms with Crippen molar-refractivity contribution in [2.45, 2.75) is 26.6 Å². The second kappa shape index (κ2) is 3.96. The van der Waals surface area contributed by atoms with Crippen LogP contribution in [-0.2, 0) is 10.0 Å². The van der Waals surface area contributed by atoms with E-state index in [-0.39, 0.29) is 0 Å². The third-order valence-electron chi connectivity index (χ3n) is 1.94. The number of hydrogen-bond acceptors (Lipinski definition) is 2. The van der Waals surface area contributed by atoms with E-state index in [1.807, 2.05) is 0 Å². The van der Waals surface area contributed by atoms with Crippen molar-refractivity contribution in [1.82, 2.24) is 4.31 Å². The Hall–Kier alpha value is -0.0900. The van der Waals surface area contributed by atoms with Crippen molar-refractivity contribution in [1.29, 1.82) is 0 Å². The summed E-state index contributed by atoms with van der Waals surface area (Å²) in [5, 5.41) is 0. The standard InChI is InChI=1S/C9H19NO2S/c1-8(2)9-4-6-10(7-5-9)13(3,11)12/h8-9H,4-7H2,1-3H3/i4D2,5D2,9D. The SMILES string of the molecule is [2H]C1([2H])CN(S(C)(=O)=O)CC([2H])([2H])C1([2H])C(C)C. The molecule has 0 bridgehead atoms. The predicted molar refractivity (Wildman–Crippen MR) is 54.0 cm³/mol. The molecule has 0 radical (unpaired) electrons. The van der Waals surface area contributed by atoms with Gasteiger partial charge in [0.15, 0.2) is 0 Å². The van der Waals surface area contributed by atoms with Crippen molar-refractivity contribution in [2.24, 2.45) is 11.8 Å².